The molecule has 0 atom stereocenters. The quantitative estimate of drug-likeness (QED) is 0.401. The van der Waals surface area contributed by atoms with Gasteiger partial charge in [-0.15, -0.1) is 22.7 Å². The molecule has 0 aromatic carbocycles. The monoisotopic (exact) mass is 259 g/mol. The maximum atomic E-state index is 8.44. The summed E-state index contributed by atoms with van der Waals surface area (Å²) >= 11 is -6.22. The van der Waals surface area contributed by atoms with E-state index in [1.165, 1.54) is 0 Å². The normalized spacial score (nSPS) is 6.36. The molecule has 0 heterocycles. The molecule has 0 rings (SSSR count). The summed E-state index contributed by atoms with van der Waals surface area (Å²) in [6.45, 7) is 0. The van der Waals surface area contributed by atoms with E-state index in [0.717, 1.165) is 0 Å². The van der Waals surface area contributed by atoms with Crippen molar-refractivity contribution in [3.63, 3.8) is 0 Å². The van der Waals surface area contributed by atoms with E-state index in [1.54, 1.807) is 0 Å². The molecule has 0 unspecified atom stereocenters. The van der Waals surface area contributed by atoms with Gasteiger partial charge in [-0.3, -0.25) is 8.42 Å². The van der Waals surface area contributed by atoms with Gasteiger partial charge in [-0.2, -0.15) is 0 Å². The van der Waals surface area contributed by atoms with Crippen molar-refractivity contribution in [2.75, 3.05) is 0 Å². The minimum absolute atomic E-state index is 0. The smallest absolute Gasteiger partial charge is 0.784 e. The summed E-state index contributed by atoms with van der Waals surface area (Å²) in [5.74, 6) is 0. The topological polar surface area (TPSA) is 199 Å². The van der Waals surface area contributed by atoms with Gasteiger partial charge in [-0.25, -0.2) is 0 Å². The fourth-order valence-corrected chi connectivity index (χ4v) is 0. The number of quaternary nitrogens is 2. The van der Waals surface area contributed by atoms with Crippen LogP contribution < -0.4 is 12.3 Å². The molecule has 8 N–H and O–H groups in total. The van der Waals surface area contributed by atoms with Crippen molar-refractivity contribution in [3.05, 3.63) is 0 Å². The molecule has 0 saturated carbocycles. The SMILES string of the molecule is O=S([O-])[O-].O=S([O-])[O-].[Cu+2].[NH4+].[NH4+]. The first-order valence-corrected chi connectivity index (χ1v) is 3.00. The Morgan fingerprint density at radius 2 is 0.727 bits per heavy atom. The molecule has 0 aromatic rings. The molecule has 0 fully saturated rings. The molecule has 0 spiro atoms. The third-order valence-corrected chi connectivity index (χ3v) is 0. The molecule has 0 aliphatic rings. The van der Waals surface area contributed by atoms with Gasteiger partial charge in [0, 0.05) is 0 Å². The molecule has 0 bridgehead atoms. The van der Waals surface area contributed by atoms with E-state index >= 15 is 0 Å². The molecule has 77 valence electrons. The molecule has 0 aliphatic heterocycles. The Morgan fingerprint density at radius 3 is 0.727 bits per heavy atom. The minimum atomic E-state index is -3.11. The van der Waals surface area contributed by atoms with Crippen LogP contribution in [0.5, 0.6) is 0 Å². The van der Waals surface area contributed by atoms with E-state index in [9.17, 15) is 0 Å². The van der Waals surface area contributed by atoms with Crippen LogP contribution in [0.25, 0.3) is 0 Å². The van der Waals surface area contributed by atoms with Crippen molar-refractivity contribution >= 4 is 22.7 Å². The van der Waals surface area contributed by atoms with Crippen molar-refractivity contribution in [1.29, 1.82) is 0 Å². The van der Waals surface area contributed by atoms with Gasteiger partial charge in [0.15, 0.2) is 0 Å². The second kappa shape index (κ2) is 22.4. The molecular formula is H8CuN2O6S2. The van der Waals surface area contributed by atoms with E-state index in [0.29, 0.717) is 0 Å². The van der Waals surface area contributed by atoms with Gasteiger partial charge in [0.05, 0.1) is 0 Å². The Balaban J connectivity index is -0.0000000171. The summed E-state index contributed by atoms with van der Waals surface area (Å²) in [5, 5.41) is 0. The minimum Gasteiger partial charge on any atom is -0.784 e. The van der Waals surface area contributed by atoms with Crippen LogP contribution in [0.15, 0.2) is 0 Å². The fraction of sp³-hybridized carbons (Fsp3) is 0. The van der Waals surface area contributed by atoms with Gasteiger partial charge in [-0.05, 0) is 0 Å². The zero-order valence-corrected chi connectivity index (χ0v) is 8.14. The van der Waals surface area contributed by atoms with Gasteiger partial charge in [0.1, 0.15) is 0 Å². The van der Waals surface area contributed by atoms with Gasteiger partial charge in [-0.1, -0.05) is 0 Å². The average molecular weight is 260 g/mol. The van der Waals surface area contributed by atoms with Gasteiger partial charge >= 0.3 is 17.1 Å². The van der Waals surface area contributed by atoms with Crippen molar-refractivity contribution in [2.45, 2.75) is 0 Å². The van der Waals surface area contributed by atoms with Crippen LogP contribution in [0.2, 0.25) is 0 Å². The van der Waals surface area contributed by atoms with Crippen LogP contribution in [0.1, 0.15) is 0 Å². The molecule has 11 heteroatoms. The maximum Gasteiger partial charge on any atom is 2.00 e. The molecule has 0 amide bonds. The Kier molecular flexibility index (Phi) is 61.0. The second-order valence-corrected chi connectivity index (χ2v) is 1.22. The largest absolute Gasteiger partial charge is 2.00 e. The third-order valence-electron chi connectivity index (χ3n) is 0. The maximum absolute atomic E-state index is 8.44. The van der Waals surface area contributed by atoms with Crippen LogP contribution in [0, 0.1) is 0 Å². The third kappa shape index (κ3) is 2320. The molecular weight excluding hydrogens is 252 g/mol. The Bertz CT molecular complexity index is 76.6. The Morgan fingerprint density at radius 1 is 0.727 bits per heavy atom. The van der Waals surface area contributed by atoms with Gasteiger partial charge in [0.2, 0.25) is 0 Å². The first-order valence-electron chi connectivity index (χ1n) is 1.00. The fourth-order valence-electron chi connectivity index (χ4n) is 0. The van der Waals surface area contributed by atoms with E-state index in [4.69, 9.17) is 26.6 Å². The van der Waals surface area contributed by atoms with Crippen molar-refractivity contribution < 1.29 is 43.7 Å². The zero-order chi connectivity index (χ0) is 7.15. The number of hydrogen-bond donors (Lipinski definition) is 2. The second-order valence-electron chi connectivity index (χ2n) is 0.408. The predicted octanol–water partition coefficient (Wildman–Crippen LogP) is -1.26. The van der Waals surface area contributed by atoms with Crippen LogP contribution >= 0.6 is 0 Å². The van der Waals surface area contributed by atoms with Crippen LogP contribution in [0.3, 0.4) is 0 Å². The first kappa shape index (κ1) is 29.9. The average Bonchev–Trinajstić information content (AvgIpc) is 1.25. The zero-order valence-electron chi connectivity index (χ0n) is 5.57. The summed E-state index contributed by atoms with van der Waals surface area (Å²) in [4.78, 5) is 0. The summed E-state index contributed by atoms with van der Waals surface area (Å²) in [6, 6.07) is 0. The Labute approximate surface area is 79.0 Å². The Hall–Kier alpha value is 0.579. The summed E-state index contributed by atoms with van der Waals surface area (Å²) in [5.41, 5.74) is 0. The number of rotatable bonds is 0. The summed E-state index contributed by atoms with van der Waals surface area (Å²) in [6.07, 6.45) is 0. The molecule has 0 saturated heterocycles. The van der Waals surface area contributed by atoms with E-state index < -0.39 is 22.7 Å². The van der Waals surface area contributed by atoms with E-state index in [-0.39, 0.29) is 29.4 Å². The van der Waals surface area contributed by atoms with Crippen molar-refractivity contribution in [3.8, 4) is 0 Å². The number of hydrogen-bond acceptors (Lipinski definition) is 6. The van der Waals surface area contributed by atoms with Crippen molar-refractivity contribution in [1.82, 2.24) is 12.3 Å². The molecule has 0 aromatic heterocycles. The van der Waals surface area contributed by atoms with Crippen molar-refractivity contribution in [2.24, 2.45) is 0 Å². The van der Waals surface area contributed by atoms with Crippen LogP contribution in [0.4, 0.5) is 0 Å². The van der Waals surface area contributed by atoms with Crippen LogP contribution in [-0.2, 0) is 39.8 Å². The molecule has 11 heavy (non-hydrogen) atoms. The summed E-state index contributed by atoms with van der Waals surface area (Å²) in [7, 11) is 0. The standard InChI is InChI=1S/Cu.2H3N.2H2O3S/c;;;2*1-4(2)3/h;2*1H3;2*(H2,1,2,3)/q+2;;;;/p-2. The molecule has 0 aliphatic carbocycles. The van der Waals surface area contributed by atoms with Gasteiger partial charge in [0.25, 0.3) is 0 Å². The summed E-state index contributed by atoms with van der Waals surface area (Å²) < 4.78 is 50.7. The van der Waals surface area contributed by atoms with E-state index in [2.05, 4.69) is 0 Å². The van der Waals surface area contributed by atoms with E-state index in [1.807, 2.05) is 0 Å². The predicted molar refractivity (Wildman–Crippen MR) is 31.4 cm³/mol. The van der Waals surface area contributed by atoms with Crippen LogP contribution in [-0.4, -0.2) is 26.6 Å². The first-order chi connectivity index (χ1) is 3.46. The molecule has 1 radical (unpaired) electrons. The molecule has 8 nitrogen and oxygen atoms in total. The van der Waals surface area contributed by atoms with Gasteiger partial charge < -0.3 is 30.5 Å².